The fourth-order valence-electron chi connectivity index (χ4n) is 1.94. The quantitative estimate of drug-likeness (QED) is 0.886. The van der Waals surface area contributed by atoms with E-state index in [9.17, 15) is 4.39 Å². The third-order valence-corrected chi connectivity index (χ3v) is 3.12. The lowest BCUT2D eigenvalue weighted by Gasteiger charge is -2.10. The molecule has 2 aromatic rings. The molecule has 0 aliphatic rings. The minimum absolute atomic E-state index is 0.225. The van der Waals surface area contributed by atoms with Gasteiger partial charge in [0.25, 0.3) is 0 Å². The first kappa shape index (κ1) is 15.0. The average molecular weight is 291 g/mol. The molecule has 0 spiro atoms. The van der Waals surface area contributed by atoms with Crippen LogP contribution < -0.4 is 14.8 Å². The predicted molar refractivity (Wildman–Crippen MR) is 78.5 cm³/mol. The lowest BCUT2D eigenvalue weighted by atomic mass is 10.1. The summed E-state index contributed by atoms with van der Waals surface area (Å²) in [5, 5.41) is 2.97. The molecule has 0 amide bonds. The van der Waals surface area contributed by atoms with Crippen molar-refractivity contribution >= 4 is 5.82 Å². The van der Waals surface area contributed by atoms with E-state index in [-0.39, 0.29) is 5.82 Å². The van der Waals surface area contributed by atoms with Crippen molar-refractivity contribution in [2.45, 2.75) is 13.3 Å². The van der Waals surface area contributed by atoms with Crippen LogP contribution in [0.4, 0.5) is 10.2 Å². The third kappa shape index (κ3) is 3.59. The molecule has 0 atom stereocenters. The summed E-state index contributed by atoms with van der Waals surface area (Å²) in [7, 11) is 3.19. The van der Waals surface area contributed by atoms with Crippen molar-refractivity contribution in [1.82, 2.24) is 9.97 Å². The standard InChI is InChI=1S/C15H18FN3O2/c1-10-14(16)15(19-9-18-10)17-7-6-11-4-5-12(20-2)13(8-11)21-3/h4-5,8-9H,6-7H2,1-3H3,(H,17,18,19). The van der Waals surface area contributed by atoms with E-state index < -0.39 is 5.82 Å². The van der Waals surface area contributed by atoms with Crippen LogP contribution >= 0.6 is 0 Å². The second-order valence-corrected chi connectivity index (χ2v) is 4.49. The summed E-state index contributed by atoms with van der Waals surface area (Å²) >= 11 is 0. The number of nitrogens with zero attached hydrogens (tertiary/aromatic N) is 2. The summed E-state index contributed by atoms with van der Waals surface area (Å²) < 4.78 is 24.2. The van der Waals surface area contributed by atoms with Crippen LogP contribution in [0, 0.1) is 12.7 Å². The summed E-state index contributed by atoms with van der Waals surface area (Å²) in [5.74, 6) is 1.18. The Labute approximate surface area is 123 Å². The van der Waals surface area contributed by atoms with Gasteiger partial charge in [-0.15, -0.1) is 0 Å². The van der Waals surface area contributed by atoms with Gasteiger partial charge in [0.05, 0.1) is 19.9 Å². The first-order valence-electron chi connectivity index (χ1n) is 6.57. The number of benzene rings is 1. The minimum atomic E-state index is -0.412. The van der Waals surface area contributed by atoms with Gasteiger partial charge in [0, 0.05) is 6.54 Å². The molecule has 21 heavy (non-hydrogen) atoms. The number of rotatable bonds is 6. The molecule has 112 valence electrons. The Hall–Kier alpha value is -2.37. The van der Waals surface area contributed by atoms with E-state index in [0.29, 0.717) is 30.2 Å². The zero-order valence-corrected chi connectivity index (χ0v) is 12.3. The van der Waals surface area contributed by atoms with Crippen molar-refractivity contribution in [3.05, 3.63) is 41.6 Å². The van der Waals surface area contributed by atoms with Gasteiger partial charge in [-0.1, -0.05) is 6.07 Å². The largest absolute Gasteiger partial charge is 0.493 e. The molecule has 0 unspecified atom stereocenters. The van der Waals surface area contributed by atoms with Gasteiger partial charge in [0.2, 0.25) is 0 Å². The van der Waals surface area contributed by atoms with Gasteiger partial charge in [-0.05, 0) is 31.0 Å². The summed E-state index contributed by atoms with van der Waals surface area (Å²) in [6.45, 7) is 2.17. The highest BCUT2D eigenvalue weighted by molar-refractivity contribution is 5.43. The Morgan fingerprint density at radius 3 is 2.62 bits per heavy atom. The molecule has 0 bridgehead atoms. The Bertz CT molecular complexity index is 620. The fraction of sp³-hybridized carbons (Fsp3) is 0.333. The molecule has 5 nitrogen and oxygen atoms in total. The number of anilines is 1. The van der Waals surface area contributed by atoms with Crippen LogP contribution in [0.5, 0.6) is 11.5 Å². The minimum Gasteiger partial charge on any atom is -0.493 e. The summed E-state index contributed by atoms with van der Waals surface area (Å²) in [6, 6.07) is 5.70. The molecule has 0 aliphatic heterocycles. The lowest BCUT2D eigenvalue weighted by Crippen LogP contribution is -2.09. The van der Waals surface area contributed by atoms with E-state index in [2.05, 4.69) is 15.3 Å². The Morgan fingerprint density at radius 1 is 1.14 bits per heavy atom. The maximum absolute atomic E-state index is 13.7. The van der Waals surface area contributed by atoms with Crippen LogP contribution in [0.1, 0.15) is 11.3 Å². The van der Waals surface area contributed by atoms with E-state index in [1.807, 2.05) is 18.2 Å². The molecule has 0 saturated heterocycles. The number of methoxy groups -OCH3 is 2. The van der Waals surface area contributed by atoms with Crippen molar-refractivity contribution in [2.24, 2.45) is 0 Å². The van der Waals surface area contributed by atoms with E-state index in [0.717, 1.165) is 5.56 Å². The van der Waals surface area contributed by atoms with Gasteiger partial charge >= 0.3 is 0 Å². The van der Waals surface area contributed by atoms with E-state index >= 15 is 0 Å². The maximum Gasteiger partial charge on any atom is 0.186 e. The van der Waals surface area contributed by atoms with Crippen molar-refractivity contribution in [2.75, 3.05) is 26.1 Å². The van der Waals surface area contributed by atoms with Gasteiger partial charge in [-0.25, -0.2) is 14.4 Å². The summed E-state index contributed by atoms with van der Waals surface area (Å²) in [4.78, 5) is 7.68. The Morgan fingerprint density at radius 2 is 1.90 bits per heavy atom. The third-order valence-electron chi connectivity index (χ3n) is 3.12. The van der Waals surface area contributed by atoms with Crippen LogP contribution in [0.25, 0.3) is 0 Å². The van der Waals surface area contributed by atoms with Crippen molar-refractivity contribution in [3.63, 3.8) is 0 Å². The fourth-order valence-corrected chi connectivity index (χ4v) is 1.94. The molecule has 0 saturated carbocycles. The first-order valence-corrected chi connectivity index (χ1v) is 6.57. The van der Waals surface area contributed by atoms with Gasteiger partial charge in [0.15, 0.2) is 23.1 Å². The van der Waals surface area contributed by atoms with E-state index in [1.165, 1.54) is 6.33 Å². The smallest absolute Gasteiger partial charge is 0.186 e. The van der Waals surface area contributed by atoms with Crippen molar-refractivity contribution in [1.29, 1.82) is 0 Å². The highest BCUT2D eigenvalue weighted by atomic mass is 19.1. The Kier molecular flexibility index (Phi) is 4.92. The average Bonchev–Trinajstić information content (AvgIpc) is 2.51. The summed E-state index contributed by atoms with van der Waals surface area (Å²) in [5.41, 5.74) is 1.39. The van der Waals surface area contributed by atoms with Crippen LogP contribution in [-0.4, -0.2) is 30.7 Å². The number of aryl methyl sites for hydroxylation is 1. The van der Waals surface area contributed by atoms with Crippen LogP contribution in [-0.2, 0) is 6.42 Å². The molecule has 1 aromatic carbocycles. The van der Waals surface area contributed by atoms with Crippen molar-refractivity contribution in [3.8, 4) is 11.5 Å². The maximum atomic E-state index is 13.7. The Balaban J connectivity index is 1.99. The molecule has 0 radical (unpaired) electrons. The van der Waals surface area contributed by atoms with Crippen LogP contribution in [0.3, 0.4) is 0 Å². The number of ether oxygens (including phenoxy) is 2. The van der Waals surface area contributed by atoms with Gasteiger partial charge in [-0.2, -0.15) is 0 Å². The molecule has 0 fully saturated rings. The molecule has 1 N–H and O–H groups in total. The topological polar surface area (TPSA) is 56.3 Å². The van der Waals surface area contributed by atoms with Crippen molar-refractivity contribution < 1.29 is 13.9 Å². The molecular formula is C15H18FN3O2. The second-order valence-electron chi connectivity index (χ2n) is 4.49. The van der Waals surface area contributed by atoms with E-state index in [1.54, 1.807) is 21.1 Å². The molecule has 1 heterocycles. The summed E-state index contributed by atoms with van der Waals surface area (Å²) in [6.07, 6.45) is 2.06. The predicted octanol–water partition coefficient (Wildman–Crippen LogP) is 2.60. The number of nitrogens with one attached hydrogen (secondary N) is 1. The number of hydrogen-bond donors (Lipinski definition) is 1. The zero-order chi connectivity index (χ0) is 15.2. The zero-order valence-electron chi connectivity index (χ0n) is 12.3. The van der Waals surface area contributed by atoms with Crippen LogP contribution in [0.15, 0.2) is 24.5 Å². The molecule has 2 rings (SSSR count). The van der Waals surface area contributed by atoms with Gasteiger partial charge in [0.1, 0.15) is 6.33 Å². The highest BCUT2D eigenvalue weighted by Gasteiger charge is 2.08. The molecule has 1 aromatic heterocycles. The number of aromatic nitrogens is 2. The SMILES string of the molecule is COc1ccc(CCNc2ncnc(C)c2F)cc1OC. The normalized spacial score (nSPS) is 10.3. The monoisotopic (exact) mass is 291 g/mol. The van der Waals surface area contributed by atoms with E-state index in [4.69, 9.17) is 9.47 Å². The van der Waals surface area contributed by atoms with Crippen LogP contribution in [0.2, 0.25) is 0 Å². The van der Waals surface area contributed by atoms with Gasteiger partial charge < -0.3 is 14.8 Å². The molecular weight excluding hydrogens is 273 g/mol. The molecule has 6 heteroatoms. The first-order chi connectivity index (χ1) is 10.2. The molecule has 0 aliphatic carbocycles. The number of halogens is 1. The second kappa shape index (κ2) is 6.88. The number of hydrogen-bond acceptors (Lipinski definition) is 5. The lowest BCUT2D eigenvalue weighted by molar-refractivity contribution is 0.354. The van der Waals surface area contributed by atoms with Gasteiger partial charge in [-0.3, -0.25) is 0 Å². The highest BCUT2D eigenvalue weighted by Crippen LogP contribution is 2.27.